The Morgan fingerprint density at radius 2 is 1.48 bits per heavy atom. The van der Waals surface area contributed by atoms with Crippen molar-refractivity contribution < 1.29 is 18.0 Å². The number of primary amides is 1. The molecule has 8 heteroatoms. The number of carbonyl (C=O) groups is 2. The summed E-state index contributed by atoms with van der Waals surface area (Å²) in [5.41, 5.74) is 8.85. The minimum absolute atomic E-state index is 0.0583. The van der Waals surface area contributed by atoms with Gasteiger partial charge in [0.2, 0.25) is 21.8 Å². The van der Waals surface area contributed by atoms with Crippen molar-refractivity contribution in [2.75, 3.05) is 5.32 Å². The third-order valence-electron chi connectivity index (χ3n) is 5.36. The largest absolute Gasteiger partial charge is 0.366 e. The van der Waals surface area contributed by atoms with Crippen LogP contribution in [0, 0.1) is 13.8 Å². The average molecular weight is 466 g/mol. The fourth-order valence-corrected chi connectivity index (χ4v) is 4.70. The summed E-state index contributed by atoms with van der Waals surface area (Å²) in [6.45, 7) is 3.76. The molecule has 4 N–H and O–H groups in total. The van der Waals surface area contributed by atoms with E-state index in [4.69, 9.17) is 5.73 Å². The van der Waals surface area contributed by atoms with Crippen LogP contribution in [0.2, 0.25) is 0 Å². The first-order chi connectivity index (χ1) is 15.7. The molecule has 0 aliphatic carbocycles. The molecule has 172 valence electrons. The summed E-state index contributed by atoms with van der Waals surface area (Å²) in [7, 11) is -4.03. The summed E-state index contributed by atoms with van der Waals surface area (Å²) in [6.07, 6.45) is 0.772. The number of rotatable bonds is 9. The Labute approximate surface area is 194 Å². The van der Waals surface area contributed by atoms with E-state index < -0.39 is 27.9 Å². The van der Waals surface area contributed by atoms with Crippen molar-refractivity contribution in [3.63, 3.8) is 0 Å². The Morgan fingerprint density at radius 1 is 0.879 bits per heavy atom. The van der Waals surface area contributed by atoms with Crippen molar-refractivity contribution in [2.45, 2.75) is 37.6 Å². The molecule has 0 heterocycles. The highest BCUT2D eigenvalue weighted by Gasteiger charge is 2.26. The van der Waals surface area contributed by atoms with E-state index >= 15 is 0 Å². The van der Waals surface area contributed by atoms with Crippen LogP contribution in [-0.4, -0.2) is 26.3 Å². The summed E-state index contributed by atoms with van der Waals surface area (Å²) in [5.74, 6) is -1.10. The van der Waals surface area contributed by atoms with Gasteiger partial charge in [0.1, 0.15) is 6.04 Å². The van der Waals surface area contributed by atoms with Gasteiger partial charge in [-0.3, -0.25) is 9.59 Å². The van der Waals surface area contributed by atoms with E-state index in [2.05, 4.69) is 10.0 Å². The highest BCUT2D eigenvalue weighted by atomic mass is 32.2. The molecule has 7 nitrogen and oxygen atoms in total. The molecule has 0 bridgehead atoms. The predicted octanol–water partition coefficient (Wildman–Crippen LogP) is 3.32. The summed E-state index contributed by atoms with van der Waals surface area (Å²) in [6, 6.07) is 19.5. The predicted molar refractivity (Wildman–Crippen MR) is 128 cm³/mol. The number of para-hydroxylation sites is 1. The maximum atomic E-state index is 13.2. The Kier molecular flexibility index (Phi) is 7.63. The van der Waals surface area contributed by atoms with Crippen molar-refractivity contribution in [3.05, 3.63) is 95.1 Å². The fourth-order valence-electron chi connectivity index (χ4n) is 3.47. The number of nitrogens with two attached hydrogens (primary N) is 1. The van der Waals surface area contributed by atoms with Gasteiger partial charge in [-0.05, 0) is 67.6 Å². The molecule has 3 rings (SSSR count). The lowest BCUT2D eigenvalue weighted by Gasteiger charge is -2.20. The second-order valence-corrected chi connectivity index (χ2v) is 9.56. The molecule has 0 aliphatic rings. The second-order valence-electron chi connectivity index (χ2n) is 7.84. The molecule has 1 unspecified atom stereocenters. The minimum atomic E-state index is -4.03. The topological polar surface area (TPSA) is 118 Å². The van der Waals surface area contributed by atoms with Crippen LogP contribution >= 0.6 is 0 Å². The highest BCUT2D eigenvalue weighted by Crippen LogP contribution is 2.21. The number of anilines is 1. The van der Waals surface area contributed by atoms with E-state index in [0.29, 0.717) is 12.1 Å². The van der Waals surface area contributed by atoms with Crippen LogP contribution in [0.25, 0.3) is 0 Å². The zero-order valence-corrected chi connectivity index (χ0v) is 19.4. The number of carbonyl (C=O) groups excluding carboxylic acids is 2. The summed E-state index contributed by atoms with van der Waals surface area (Å²) >= 11 is 0. The maximum absolute atomic E-state index is 13.2. The first-order valence-electron chi connectivity index (χ1n) is 10.5. The van der Waals surface area contributed by atoms with Gasteiger partial charge < -0.3 is 11.1 Å². The van der Waals surface area contributed by atoms with E-state index in [1.165, 1.54) is 24.3 Å². The number of aryl methyl sites for hydroxylation is 3. The third kappa shape index (κ3) is 6.27. The molecule has 0 spiro atoms. The number of amides is 2. The number of hydrogen-bond donors (Lipinski definition) is 3. The van der Waals surface area contributed by atoms with Gasteiger partial charge >= 0.3 is 0 Å². The summed E-state index contributed by atoms with van der Waals surface area (Å²) in [5, 5.41) is 2.89. The van der Waals surface area contributed by atoms with E-state index in [1.807, 2.05) is 62.4 Å². The number of benzene rings is 3. The SMILES string of the molecule is Cc1cccc(C)c1NC(=O)C(CCc1ccccc1)NS(=O)(=O)c1ccc(C(N)=O)cc1. The Hall–Kier alpha value is -3.49. The van der Waals surface area contributed by atoms with E-state index in [-0.39, 0.29) is 16.9 Å². The van der Waals surface area contributed by atoms with Crippen LogP contribution in [-0.2, 0) is 21.2 Å². The molecule has 33 heavy (non-hydrogen) atoms. The Bertz CT molecular complexity index is 1220. The summed E-state index contributed by atoms with van der Waals surface area (Å²) in [4.78, 5) is 24.4. The zero-order chi connectivity index (χ0) is 24.0. The van der Waals surface area contributed by atoms with E-state index in [0.717, 1.165) is 16.7 Å². The van der Waals surface area contributed by atoms with Crippen molar-refractivity contribution in [1.29, 1.82) is 0 Å². The molecule has 0 saturated carbocycles. The minimum Gasteiger partial charge on any atom is -0.366 e. The maximum Gasteiger partial charge on any atom is 0.248 e. The molecule has 0 saturated heterocycles. The fraction of sp³-hybridized carbons (Fsp3) is 0.200. The molecule has 2 amide bonds. The first-order valence-corrected chi connectivity index (χ1v) is 12.0. The zero-order valence-electron chi connectivity index (χ0n) is 18.5. The van der Waals surface area contributed by atoms with Gasteiger partial charge in [-0.25, -0.2) is 8.42 Å². The molecular weight excluding hydrogens is 438 g/mol. The van der Waals surface area contributed by atoms with Gasteiger partial charge in [0.15, 0.2) is 0 Å². The molecule has 1 atom stereocenters. The standard InChI is InChI=1S/C25H27N3O4S/c1-17-7-6-8-18(2)23(17)27-25(30)22(16-11-19-9-4-3-5-10-19)28-33(31,32)21-14-12-20(13-15-21)24(26)29/h3-10,12-15,22,28H,11,16H2,1-2H3,(H2,26,29)(H,27,30). The van der Waals surface area contributed by atoms with Crippen LogP contribution in [0.1, 0.15) is 33.5 Å². The highest BCUT2D eigenvalue weighted by molar-refractivity contribution is 7.89. The molecular formula is C25H27N3O4S. The number of nitrogens with one attached hydrogen (secondary N) is 2. The molecule has 0 aliphatic heterocycles. The van der Waals surface area contributed by atoms with Crippen molar-refractivity contribution in [3.8, 4) is 0 Å². The quantitative estimate of drug-likeness (QED) is 0.449. The van der Waals surface area contributed by atoms with Gasteiger partial charge in [0.05, 0.1) is 4.90 Å². The smallest absolute Gasteiger partial charge is 0.248 e. The van der Waals surface area contributed by atoms with Crippen LogP contribution < -0.4 is 15.8 Å². The van der Waals surface area contributed by atoms with Gasteiger partial charge in [0, 0.05) is 11.3 Å². The Morgan fingerprint density at radius 3 is 2.06 bits per heavy atom. The molecule has 3 aromatic rings. The molecule has 3 aromatic carbocycles. The van der Waals surface area contributed by atoms with Crippen molar-refractivity contribution in [2.24, 2.45) is 5.73 Å². The van der Waals surface area contributed by atoms with Crippen molar-refractivity contribution in [1.82, 2.24) is 4.72 Å². The van der Waals surface area contributed by atoms with Crippen LogP contribution in [0.5, 0.6) is 0 Å². The summed E-state index contributed by atoms with van der Waals surface area (Å²) < 4.78 is 28.6. The molecule has 0 fully saturated rings. The monoisotopic (exact) mass is 465 g/mol. The number of hydrogen-bond acceptors (Lipinski definition) is 4. The van der Waals surface area contributed by atoms with Crippen molar-refractivity contribution >= 4 is 27.5 Å². The van der Waals surface area contributed by atoms with Gasteiger partial charge in [0.25, 0.3) is 0 Å². The lowest BCUT2D eigenvalue weighted by molar-refractivity contribution is -0.117. The number of sulfonamides is 1. The Balaban J connectivity index is 1.85. The normalized spacial score (nSPS) is 12.2. The van der Waals surface area contributed by atoms with Gasteiger partial charge in [-0.15, -0.1) is 0 Å². The molecule has 0 aromatic heterocycles. The van der Waals surface area contributed by atoms with E-state index in [1.54, 1.807) is 0 Å². The first kappa shape index (κ1) is 24.2. The average Bonchev–Trinajstić information content (AvgIpc) is 2.79. The van der Waals surface area contributed by atoms with Crippen LogP contribution in [0.15, 0.2) is 77.7 Å². The molecule has 0 radical (unpaired) electrons. The van der Waals surface area contributed by atoms with E-state index in [9.17, 15) is 18.0 Å². The lowest BCUT2D eigenvalue weighted by Crippen LogP contribution is -2.44. The van der Waals surface area contributed by atoms with Gasteiger partial charge in [-0.2, -0.15) is 4.72 Å². The van der Waals surface area contributed by atoms with Crippen LogP contribution in [0.3, 0.4) is 0 Å². The van der Waals surface area contributed by atoms with Crippen LogP contribution in [0.4, 0.5) is 5.69 Å². The van der Waals surface area contributed by atoms with Gasteiger partial charge in [-0.1, -0.05) is 48.5 Å². The third-order valence-corrected chi connectivity index (χ3v) is 6.84. The second kappa shape index (κ2) is 10.4. The lowest BCUT2D eigenvalue weighted by atomic mass is 10.0.